The molecule has 0 fully saturated rings. The van der Waals surface area contributed by atoms with Crippen LogP contribution < -0.4 is 5.43 Å². The Balaban J connectivity index is 1.63. The number of rotatable bonds is 8. The molecule has 35 heavy (non-hydrogen) atoms. The van der Waals surface area contributed by atoms with Crippen molar-refractivity contribution in [2.24, 2.45) is 5.10 Å². The van der Waals surface area contributed by atoms with Crippen LogP contribution >= 0.6 is 23.4 Å². The van der Waals surface area contributed by atoms with E-state index in [1.165, 1.54) is 5.56 Å². The highest BCUT2D eigenvalue weighted by Crippen LogP contribution is 2.25. The van der Waals surface area contributed by atoms with E-state index in [0.717, 1.165) is 29.7 Å². The summed E-state index contributed by atoms with van der Waals surface area (Å²) in [6.07, 6.45) is 1.49. The fourth-order valence-electron chi connectivity index (χ4n) is 3.29. The summed E-state index contributed by atoms with van der Waals surface area (Å²) >= 11 is 7.06. The lowest BCUT2D eigenvalue weighted by Crippen LogP contribution is -2.17. The van der Waals surface area contributed by atoms with Gasteiger partial charge in [0.15, 0.2) is 0 Å². The number of hydrogen-bond acceptors (Lipinski definition) is 7. The van der Waals surface area contributed by atoms with Gasteiger partial charge in [0.05, 0.1) is 12.3 Å². The van der Waals surface area contributed by atoms with Gasteiger partial charge in [-0.25, -0.2) is 4.79 Å². The van der Waals surface area contributed by atoms with Gasteiger partial charge in [-0.15, -0.1) is 10.2 Å². The van der Waals surface area contributed by atoms with Crippen molar-refractivity contribution in [2.45, 2.75) is 24.9 Å². The molecule has 0 aliphatic carbocycles. The predicted molar refractivity (Wildman–Crippen MR) is 140 cm³/mol. The Hall–Kier alpha value is -3.62. The van der Waals surface area contributed by atoms with Crippen LogP contribution in [0.15, 0.2) is 95.2 Å². The van der Waals surface area contributed by atoms with Gasteiger partial charge in [-0.3, -0.25) is 9.99 Å². The third-order valence-electron chi connectivity index (χ3n) is 4.96. The van der Waals surface area contributed by atoms with Gasteiger partial charge in [0.1, 0.15) is 5.82 Å². The maximum Gasteiger partial charge on any atom is 0.365 e. The maximum absolute atomic E-state index is 12.7. The van der Waals surface area contributed by atoms with Crippen molar-refractivity contribution in [3.63, 3.8) is 0 Å². The summed E-state index contributed by atoms with van der Waals surface area (Å²) in [5.41, 5.74) is 5.69. The van der Waals surface area contributed by atoms with Gasteiger partial charge in [-0.05, 0) is 67.1 Å². The van der Waals surface area contributed by atoms with Crippen LogP contribution in [0, 0.1) is 0 Å². The van der Waals surface area contributed by atoms with Gasteiger partial charge in [-0.2, -0.15) is 5.10 Å². The van der Waals surface area contributed by atoms with Crippen molar-refractivity contribution < 1.29 is 9.53 Å². The second-order valence-electron chi connectivity index (χ2n) is 7.41. The second kappa shape index (κ2) is 12.2. The van der Waals surface area contributed by atoms with Crippen LogP contribution in [-0.4, -0.2) is 32.4 Å². The van der Waals surface area contributed by atoms with Gasteiger partial charge in [-0.1, -0.05) is 60.1 Å². The van der Waals surface area contributed by atoms with Crippen molar-refractivity contribution in [2.75, 3.05) is 12.0 Å². The first-order valence-electron chi connectivity index (χ1n) is 11.1. The summed E-state index contributed by atoms with van der Waals surface area (Å²) < 4.78 is 7.18. The smallest absolute Gasteiger partial charge is 0.365 e. The number of anilines is 1. The van der Waals surface area contributed by atoms with Crippen molar-refractivity contribution in [1.29, 1.82) is 0 Å². The standard InChI is InChI=1S/C26H24ClN5O2S/c1-2-34-25(33)24(30-28-21-16-14-20(27)15-17-21)35-26-31-29-23(18-13-19-9-5-3-6-10-19)32(26)22-11-7-4-8-12-22/h3-12,14-17,28H,2,13,18H2,1H3/b30-24+. The molecule has 0 saturated heterocycles. The summed E-state index contributed by atoms with van der Waals surface area (Å²) in [4.78, 5) is 12.7. The molecule has 0 spiro atoms. The van der Waals surface area contributed by atoms with Crippen molar-refractivity contribution >= 4 is 40.1 Å². The van der Waals surface area contributed by atoms with Crippen LogP contribution in [0.4, 0.5) is 5.69 Å². The number of hydrazone groups is 1. The highest BCUT2D eigenvalue weighted by atomic mass is 35.5. The molecule has 4 rings (SSSR count). The minimum absolute atomic E-state index is 0.112. The van der Waals surface area contributed by atoms with E-state index >= 15 is 0 Å². The van der Waals surface area contributed by atoms with Crippen molar-refractivity contribution in [3.8, 4) is 5.69 Å². The van der Waals surface area contributed by atoms with Crippen molar-refractivity contribution in [3.05, 3.63) is 101 Å². The van der Waals surface area contributed by atoms with Crippen LogP contribution in [0.2, 0.25) is 5.02 Å². The number of nitrogens with zero attached hydrogens (tertiary/aromatic N) is 4. The average molecular weight is 506 g/mol. The number of carbonyl (C=O) groups excluding carboxylic acids is 1. The molecule has 3 aromatic carbocycles. The number of hydrogen-bond donors (Lipinski definition) is 1. The van der Waals surface area contributed by atoms with Crippen LogP contribution in [0.25, 0.3) is 5.69 Å². The Morgan fingerprint density at radius 1 is 0.971 bits per heavy atom. The number of para-hydroxylation sites is 1. The van der Waals surface area contributed by atoms with Gasteiger partial charge < -0.3 is 4.74 Å². The second-order valence-corrected chi connectivity index (χ2v) is 8.81. The Kier molecular flexibility index (Phi) is 8.53. The molecule has 9 heteroatoms. The molecule has 0 atom stereocenters. The van der Waals surface area contributed by atoms with E-state index in [1.807, 2.05) is 53.1 Å². The Morgan fingerprint density at radius 3 is 2.34 bits per heavy atom. The SMILES string of the molecule is CCOC(=O)/C(=N\Nc1ccc(Cl)cc1)Sc1nnc(CCc2ccccc2)n1-c1ccccc1. The molecule has 1 heterocycles. The molecule has 1 aromatic heterocycles. The first-order chi connectivity index (χ1) is 17.1. The number of thioether (sulfide) groups is 1. The Labute approximate surface area is 213 Å². The van der Waals surface area contributed by atoms with Crippen LogP contribution in [0.5, 0.6) is 0 Å². The molecular formula is C26H24ClN5O2S. The molecule has 0 bridgehead atoms. The normalized spacial score (nSPS) is 11.3. The number of aryl methyl sites for hydroxylation is 2. The zero-order valence-corrected chi connectivity index (χ0v) is 20.7. The monoisotopic (exact) mass is 505 g/mol. The van der Waals surface area contributed by atoms with Crippen LogP contribution in [0.1, 0.15) is 18.3 Å². The molecule has 0 aliphatic rings. The van der Waals surface area contributed by atoms with Gasteiger partial charge in [0, 0.05) is 17.1 Å². The molecule has 1 N–H and O–H groups in total. The summed E-state index contributed by atoms with van der Waals surface area (Å²) in [7, 11) is 0. The number of halogens is 1. The summed E-state index contributed by atoms with van der Waals surface area (Å²) in [6.45, 7) is 1.98. The first-order valence-corrected chi connectivity index (χ1v) is 12.3. The number of benzene rings is 3. The summed E-state index contributed by atoms with van der Waals surface area (Å²) in [5.74, 6) is 0.240. The van der Waals surface area contributed by atoms with E-state index < -0.39 is 5.97 Å². The van der Waals surface area contributed by atoms with E-state index in [0.29, 0.717) is 22.3 Å². The van der Waals surface area contributed by atoms with Gasteiger partial charge in [0.25, 0.3) is 0 Å². The van der Waals surface area contributed by atoms with Gasteiger partial charge >= 0.3 is 5.97 Å². The Morgan fingerprint density at radius 2 is 1.66 bits per heavy atom. The van der Waals surface area contributed by atoms with E-state index in [-0.39, 0.29) is 11.7 Å². The fourth-order valence-corrected chi connectivity index (χ4v) is 4.21. The number of esters is 1. The quantitative estimate of drug-likeness (QED) is 0.107. The summed E-state index contributed by atoms with van der Waals surface area (Å²) in [6, 6.07) is 27.1. The fraction of sp³-hybridized carbons (Fsp3) is 0.154. The largest absolute Gasteiger partial charge is 0.461 e. The lowest BCUT2D eigenvalue weighted by molar-refractivity contribution is -0.134. The molecular weight excluding hydrogens is 482 g/mol. The third kappa shape index (κ3) is 6.71. The van der Waals surface area contributed by atoms with E-state index in [9.17, 15) is 4.79 Å². The molecule has 0 unspecified atom stereocenters. The topological polar surface area (TPSA) is 81.4 Å². The maximum atomic E-state index is 12.7. The average Bonchev–Trinajstić information content (AvgIpc) is 3.30. The lowest BCUT2D eigenvalue weighted by Gasteiger charge is -2.11. The molecule has 0 saturated carbocycles. The molecule has 4 aromatic rings. The number of nitrogens with one attached hydrogen (secondary N) is 1. The number of ether oxygens (including phenoxy) is 1. The Bertz CT molecular complexity index is 1280. The number of carbonyl (C=O) groups is 1. The van der Waals surface area contributed by atoms with Crippen LogP contribution in [0.3, 0.4) is 0 Å². The lowest BCUT2D eigenvalue weighted by atomic mass is 10.1. The molecule has 7 nitrogen and oxygen atoms in total. The highest BCUT2D eigenvalue weighted by molar-refractivity contribution is 8.15. The minimum Gasteiger partial charge on any atom is -0.461 e. The predicted octanol–water partition coefficient (Wildman–Crippen LogP) is 5.79. The molecule has 0 amide bonds. The number of aromatic nitrogens is 3. The van der Waals surface area contributed by atoms with E-state index in [4.69, 9.17) is 16.3 Å². The molecule has 0 aliphatic heterocycles. The minimum atomic E-state index is -0.549. The zero-order chi connectivity index (χ0) is 24.5. The molecule has 0 radical (unpaired) electrons. The zero-order valence-electron chi connectivity index (χ0n) is 19.1. The summed E-state index contributed by atoms with van der Waals surface area (Å²) in [5, 5.41) is 14.4. The highest BCUT2D eigenvalue weighted by Gasteiger charge is 2.22. The third-order valence-corrected chi connectivity index (χ3v) is 6.11. The van der Waals surface area contributed by atoms with E-state index in [1.54, 1.807) is 31.2 Å². The van der Waals surface area contributed by atoms with E-state index in [2.05, 4.69) is 32.9 Å². The molecule has 178 valence electrons. The van der Waals surface area contributed by atoms with Crippen molar-refractivity contribution in [1.82, 2.24) is 14.8 Å². The van der Waals surface area contributed by atoms with Gasteiger partial charge in [0.2, 0.25) is 10.2 Å². The first kappa shape index (κ1) is 24.5. The van der Waals surface area contributed by atoms with Crippen LogP contribution in [-0.2, 0) is 22.4 Å².